The van der Waals surface area contributed by atoms with Gasteiger partial charge in [0.25, 0.3) is 0 Å². The predicted molar refractivity (Wildman–Crippen MR) is 125 cm³/mol. The number of nitrogens with zero attached hydrogens (tertiary/aromatic N) is 4. The second kappa shape index (κ2) is 8.76. The summed E-state index contributed by atoms with van der Waals surface area (Å²) in [6.45, 7) is 8.28. The third-order valence-electron chi connectivity index (χ3n) is 6.84. The van der Waals surface area contributed by atoms with Crippen molar-refractivity contribution in [1.29, 1.82) is 0 Å². The Balaban J connectivity index is 1.38. The molecule has 4 heterocycles. The highest BCUT2D eigenvalue weighted by molar-refractivity contribution is 6.00. The van der Waals surface area contributed by atoms with E-state index in [1.807, 2.05) is 24.0 Å². The van der Waals surface area contributed by atoms with Gasteiger partial charge in [0.05, 0.1) is 25.5 Å². The summed E-state index contributed by atoms with van der Waals surface area (Å²) in [6.07, 6.45) is 4.53. The molecule has 0 aliphatic carbocycles. The normalized spacial score (nSPS) is 19.6. The van der Waals surface area contributed by atoms with E-state index in [9.17, 15) is 9.59 Å². The zero-order valence-electron chi connectivity index (χ0n) is 19.8. The zero-order chi connectivity index (χ0) is 23.1. The summed E-state index contributed by atoms with van der Waals surface area (Å²) in [5, 5.41) is 0. The Kier molecular flexibility index (Phi) is 5.81. The van der Waals surface area contributed by atoms with E-state index in [1.165, 1.54) is 5.56 Å². The van der Waals surface area contributed by atoms with Crippen molar-refractivity contribution >= 4 is 17.6 Å². The highest BCUT2D eigenvalue weighted by Crippen LogP contribution is 2.36. The summed E-state index contributed by atoms with van der Waals surface area (Å²) in [5.74, 6) is 2.89. The number of aromatic nitrogens is 2. The molecule has 3 aliphatic rings. The number of carbonyl (C=O) groups excluding carboxylic acids is 2. The SMILES string of the molecule is Cc1nc(C2CCCN2C(=O)Cc2ccc3c(c2)CCCO3)nc2c1CC(=O)N2CC(C)C. The summed E-state index contributed by atoms with van der Waals surface area (Å²) in [7, 11) is 0. The molecule has 1 aromatic carbocycles. The smallest absolute Gasteiger partial charge is 0.232 e. The Hall–Kier alpha value is -2.96. The van der Waals surface area contributed by atoms with Gasteiger partial charge in [0, 0.05) is 24.3 Å². The van der Waals surface area contributed by atoms with E-state index in [1.54, 1.807) is 4.90 Å². The predicted octanol–water partition coefficient (Wildman–Crippen LogP) is 3.56. The first-order valence-electron chi connectivity index (χ1n) is 12.1. The van der Waals surface area contributed by atoms with Crippen LogP contribution in [-0.2, 0) is 28.9 Å². The van der Waals surface area contributed by atoms with Crippen LogP contribution in [0.25, 0.3) is 0 Å². The average Bonchev–Trinajstić information content (AvgIpc) is 3.39. The minimum atomic E-state index is -0.140. The van der Waals surface area contributed by atoms with Crippen molar-refractivity contribution in [3.63, 3.8) is 0 Å². The fraction of sp³-hybridized carbons (Fsp3) is 0.538. The van der Waals surface area contributed by atoms with Crippen molar-refractivity contribution in [1.82, 2.24) is 14.9 Å². The van der Waals surface area contributed by atoms with Crippen LogP contribution in [0.2, 0.25) is 0 Å². The molecule has 174 valence electrons. The number of hydrogen-bond donors (Lipinski definition) is 0. The van der Waals surface area contributed by atoms with Gasteiger partial charge in [-0.15, -0.1) is 0 Å². The molecule has 1 unspecified atom stereocenters. The average molecular weight is 449 g/mol. The van der Waals surface area contributed by atoms with Gasteiger partial charge in [-0.25, -0.2) is 9.97 Å². The van der Waals surface area contributed by atoms with Gasteiger partial charge in [-0.2, -0.15) is 0 Å². The van der Waals surface area contributed by atoms with Crippen molar-refractivity contribution < 1.29 is 14.3 Å². The maximum Gasteiger partial charge on any atom is 0.232 e. The fourth-order valence-corrected chi connectivity index (χ4v) is 5.23. The first kappa shape index (κ1) is 21.9. The van der Waals surface area contributed by atoms with Gasteiger partial charge >= 0.3 is 0 Å². The Morgan fingerprint density at radius 2 is 2.09 bits per heavy atom. The molecule has 1 saturated heterocycles. The Morgan fingerprint density at radius 3 is 2.91 bits per heavy atom. The van der Waals surface area contributed by atoms with Crippen LogP contribution in [0.4, 0.5) is 5.82 Å². The molecule has 7 heteroatoms. The molecule has 5 rings (SSSR count). The highest BCUT2D eigenvalue weighted by Gasteiger charge is 2.36. The third kappa shape index (κ3) is 4.21. The molecule has 0 radical (unpaired) electrons. The summed E-state index contributed by atoms with van der Waals surface area (Å²) in [4.78, 5) is 39.3. The number of ether oxygens (including phenoxy) is 1. The molecule has 0 bridgehead atoms. The molecule has 0 saturated carbocycles. The standard InChI is InChI=1S/C26H32N4O3/c1-16(2)15-30-24(32)14-20-17(3)27-25(28-26(20)30)21-7-4-10-29(21)23(31)13-18-8-9-22-19(12-18)6-5-11-33-22/h8-9,12,16,21H,4-7,10-11,13-15H2,1-3H3. The van der Waals surface area contributed by atoms with Gasteiger partial charge in [0.2, 0.25) is 11.8 Å². The largest absolute Gasteiger partial charge is 0.493 e. The lowest BCUT2D eigenvalue weighted by Gasteiger charge is -2.26. The van der Waals surface area contributed by atoms with Gasteiger partial charge in [-0.1, -0.05) is 26.0 Å². The van der Waals surface area contributed by atoms with Crippen molar-refractivity contribution in [2.75, 3.05) is 24.6 Å². The number of hydrogen-bond acceptors (Lipinski definition) is 5. The van der Waals surface area contributed by atoms with E-state index in [0.29, 0.717) is 37.7 Å². The quantitative estimate of drug-likeness (QED) is 0.699. The number of benzene rings is 1. The maximum absolute atomic E-state index is 13.3. The number of aryl methyl sites for hydroxylation is 2. The van der Waals surface area contributed by atoms with Crippen LogP contribution >= 0.6 is 0 Å². The fourth-order valence-electron chi connectivity index (χ4n) is 5.23. The van der Waals surface area contributed by atoms with E-state index >= 15 is 0 Å². The zero-order valence-corrected chi connectivity index (χ0v) is 19.8. The summed E-state index contributed by atoms with van der Waals surface area (Å²) < 4.78 is 5.71. The van der Waals surface area contributed by atoms with Gasteiger partial charge in [0.15, 0.2) is 5.82 Å². The third-order valence-corrected chi connectivity index (χ3v) is 6.84. The molecule has 3 aliphatic heterocycles. The lowest BCUT2D eigenvalue weighted by molar-refractivity contribution is -0.131. The van der Waals surface area contributed by atoms with Crippen LogP contribution < -0.4 is 9.64 Å². The van der Waals surface area contributed by atoms with E-state index in [4.69, 9.17) is 14.7 Å². The van der Waals surface area contributed by atoms with Gasteiger partial charge in [0.1, 0.15) is 11.6 Å². The number of anilines is 1. The van der Waals surface area contributed by atoms with Crippen LogP contribution in [0.5, 0.6) is 5.75 Å². The van der Waals surface area contributed by atoms with Crippen LogP contribution in [0, 0.1) is 12.8 Å². The van der Waals surface area contributed by atoms with E-state index in [0.717, 1.165) is 60.7 Å². The molecule has 1 atom stereocenters. The molecule has 7 nitrogen and oxygen atoms in total. The Morgan fingerprint density at radius 1 is 1.24 bits per heavy atom. The first-order chi connectivity index (χ1) is 15.9. The Labute approximate surface area is 195 Å². The van der Waals surface area contributed by atoms with Gasteiger partial charge < -0.3 is 9.64 Å². The molecule has 0 spiro atoms. The minimum absolute atomic E-state index is 0.0870. The highest BCUT2D eigenvalue weighted by atomic mass is 16.5. The summed E-state index contributed by atoms with van der Waals surface area (Å²) in [6, 6.07) is 5.96. The lowest BCUT2D eigenvalue weighted by Crippen LogP contribution is -2.34. The number of carbonyl (C=O) groups is 2. The monoisotopic (exact) mass is 448 g/mol. The van der Waals surface area contributed by atoms with Crippen molar-refractivity contribution in [2.45, 2.75) is 65.3 Å². The van der Waals surface area contributed by atoms with E-state index in [-0.39, 0.29) is 17.9 Å². The van der Waals surface area contributed by atoms with Crippen molar-refractivity contribution in [3.8, 4) is 5.75 Å². The molecule has 0 N–H and O–H groups in total. The van der Waals surface area contributed by atoms with Crippen LogP contribution in [0.1, 0.15) is 67.4 Å². The van der Waals surface area contributed by atoms with Crippen molar-refractivity contribution in [2.24, 2.45) is 5.92 Å². The lowest BCUT2D eigenvalue weighted by atomic mass is 10.0. The number of amides is 2. The summed E-state index contributed by atoms with van der Waals surface area (Å²) >= 11 is 0. The van der Waals surface area contributed by atoms with Crippen LogP contribution in [0.15, 0.2) is 18.2 Å². The number of rotatable bonds is 5. The Bertz CT molecular complexity index is 1100. The topological polar surface area (TPSA) is 75.6 Å². The van der Waals surface area contributed by atoms with Gasteiger partial charge in [-0.05, 0) is 55.7 Å². The number of likely N-dealkylation sites (tertiary alicyclic amines) is 1. The van der Waals surface area contributed by atoms with E-state index < -0.39 is 0 Å². The molecule has 2 amide bonds. The van der Waals surface area contributed by atoms with Crippen molar-refractivity contribution in [3.05, 3.63) is 46.4 Å². The second-order valence-corrected chi connectivity index (χ2v) is 9.86. The van der Waals surface area contributed by atoms with Crippen LogP contribution in [-0.4, -0.2) is 46.4 Å². The minimum Gasteiger partial charge on any atom is -0.493 e. The van der Waals surface area contributed by atoms with E-state index in [2.05, 4.69) is 19.9 Å². The molecular weight excluding hydrogens is 416 g/mol. The number of fused-ring (bicyclic) bond motifs is 2. The molecular formula is C26H32N4O3. The summed E-state index contributed by atoms with van der Waals surface area (Å²) in [5.41, 5.74) is 3.99. The molecule has 1 aromatic heterocycles. The van der Waals surface area contributed by atoms with Crippen LogP contribution in [0.3, 0.4) is 0 Å². The molecule has 2 aromatic rings. The molecule has 1 fully saturated rings. The second-order valence-electron chi connectivity index (χ2n) is 9.86. The maximum atomic E-state index is 13.3. The first-order valence-corrected chi connectivity index (χ1v) is 12.1. The van der Waals surface area contributed by atoms with Gasteiger partial charge in [-0.3, -0.25) is 14.5 Å². The molecule has 33 heavy (non-hydrogen) atoms.